The average Bonchev–Trinajstić information content (AvgIpc) is 2.68. The molecular weight excluding hydrogens is 328 g/mol. The number of hydrogen-bond acceptors (Lipinski definition) is 4. The van der Waals surface area contributed by atoms with E-state index in [0.29, 0.717) is 0 Å². The third kappa shape index (κ3) is 5.11. The van der Waals surface area contributed by atoms with Gasteiger partial charge in [0.15, 0.2) is 0 Å². The standard InChI is InChI=1S/C20H32N4O2/c1-17(2)7-8-22-9-11-24(12-10-22)20(25)21-18-5-3-4-6-19(18)23-13-15-26-16-14-23/h3-6,17H,7-16H2,1-2H3,(H,21,25). The van der Waals surface area contributed by atoms with Crippen LogP contribution in [-0.2, 0) is 4.74 Å². The highest BCUT2D eigenvalue weighted by Gasteiger charge is 2.22. The van der Waals surface area contributed by atoms with Gasteiger partial charge in [-0.15, -0.1) is 0 Å². The van der Waals surface area contributed by atoms with Crippen LogP contribution in [0.15, 0.2) is 24.3 Å². The second kappa shape index (κ2) is 9.24. The van der Waals surface area contributed by atoms with Crippen LogP contribution in [0.4, 0.5) is 16.2 Å². The van der Waals surface area contributed by atoms with E-state index in [-0.39, 0.29) is 6.03 Å². The van der Waals surface area contributed by atoms with E-state index < -0.39 is 0 Å². The maximum Gasteiger partial charge on any atom is 0.321 e. The fourth-order valence-electron chi connectivity index (χ4n) is 3.47. The highest BCUT2D eigenvalue weighted by Crippen LogP contribution is 2.26. The Hall–Kier alpha value is -1.79. The van der Waals surface area contributed by atoms with Gasteiger partial charge in [0.1, 0.15) is 0 Å². The Morgan fingerprint density at radius 2 is 1.77 bits per heavy atom. The topological polar surface area (TPSA) is 48.0 Å². The molecule has 2 aliphatic heterocycles. The Bertz CT molecular complexity index is 579. The Balaban J connectivity index is 1.54. The van der Waals surface area contributed by atoms with Gasteiger partial charge >= 0.3 is 6.03 Å². The number of nitrogens with one attached hydrogen (secondary N) is 1. The minimum atomic E-state index is 0.00854. The maximum atomic E-state index is 12.7. The Kier molecular flexibility index (Phi) is 6.74. The molecule has 144 valence electrons. The van der Waals surface area contributed by atoms with Crippen molar-refractivity contribution in [3.05, 3.63) is 24.3 Å². The van der Waals surface area contributed by atoms with Gasteiger partial charge in [-0.05, 0) is 31.0 Å². The summed E-state index contributed by atoms with van der Waals surface area (Å²) in [5, 5.41) is 3.13. The third-order valence-corrected chi connectivity index (χ3v) is 5.18. The number of carbonyl (C=O) groups excluding carboxylic acids is 1. The van der Waals surface area contributed by atoms with Gasteiger partial charge < -0.3 is 19.9 Å². The first-order valence-electron chi connectivity index (χ1n) is 9.83. The van der Waals surface area contributed by atoms with Crippen molar-refractivity contribution in [3.8, 4) is 0 Å². The first kappa shape index (κ1) is 19.0. The van der Waals surface area contributed by atoms with Gasteiger partial charge in [-0.1, -0.05) is 26.0 Å². The minimum Gasteiger partial charge on any atom is -0.378 e. The molecule has 0 radical (unpaired) electrons. The number of amides is 2. The van der Waals surface area contributed by atoms with E-state index in [1.165, 1.54) is 6.42 Å². The Labute approximate surface area is 157 Å². The molecule has 0 spiro atoms. The first-order valence-corrected chi connectivity index (χ1v) is 9.83. The number of para-hydroxylation sites is 2. The van der Waals surface area contributed by atoms with Gasteiger partial charge in [0.05, 0.1) is 24.6 Å². The zero-order valence-electron chi connectivity index (χ0n) is 16.1. The van der Waals surface area contributed by atoms with Crippen molar-refractivity contribution in [2.75, 3.05) is 69.2 Å². The molecule has 0 bridgehead atoms. The molecule has 2 fully saturated rings. The molecule has 1 aromatic carbocycles. The number of rotatable bonds is 5. The SMILES string of the molecule is CC(C)CCN1CCN(C(=O)Nc2ccccc2N2CCOCC2)CC1. The van der Waals surface area contributed by atoms with Crippen LogP contribution in [0.5, 0.6) is 0 Å². The van der Waals surface area contributed by atoms with Crippen LogP contribution >= 0.6 is 0 Å². The van der Waals surface area contributed by atoms with Crippen molar-refractivity contribution in [1.29, 1.82) is 0 Å². The first-order chi connectivity index (χ1) is 12.6. The van der Waals surface area contributed by atoms with E-state index >= 15 is 0 Å². The fraction of sp³-hybridized carbons (Fsp3) is 0.650. The molecule has 0 aromatic heterocycles. The summed E-state index contributed by atoms with van der Waals surface area (Å²) in [5.41, 5.74) is 1.97. The Morgan fingerprint density at radius 1 is 1.08 bits per heavy atom. The summed E-state index contributed by atoms with van der Waals surface area (Å²) >= 11 is 0. The molecule has 6 nitrogen and oxygen atoms in total. The van der Waals surface area contributed by atoms with E-state index in [0.717, 1.165) is 76.3 Å². The lowest BCUT2D eigenvalue weighted by Gasteiger charge is -2.35. The number of hydrogen-bond donors (Lipinski definition) is 1. The summed E-state index contributed by atoms with van der Waals surface area (Å²) in [5.74, 6) is 0.730. The second-order valence-corrected chi connectivity index (χ2v) is 7.56. The largest absolute Gasteiger partial charge is 0.378 e. The summed E-state index contributed by atoms with van der Waals surface area (Å²) < 4.78 is 5.44. The van der Waals surface area contributed by atoms with Crippen molar-refractivity contribution < 1.29 is 9.53 Å². The molecule has 2 amide bonds. The van der Waals surface area contributed by atoms with Crippen LogP contribution in [0, 0.1) is 5.92 Å². The van der Waals surface area contributed by atoms with Crippen molar-refractivity contribution in [2.24, 2.45) is 5.92 Å². The predicted octanol–water partition coefficient (Wildman–Crippen LogP) is 2.72. The summed E-state index contributed by atoms with van der Waals surface area (Å²) in [6.07, 6.45) is 1.22. The van der Waals surface area contributed by atoms with Gasteiger partial charge in [-0.2, -0.15) is 0 Å². The molecule has 3 rings (SSSR count). The third-order valence-electron chi connectivity index (χ3n) is 5.18. The predicted molar refractivity (Wildman–Crippen MR) is 106 cm³/mol. The number of anilines is 2. The van der Waals surface area contributed by atoms with E-state index in [1.807, 2.05) is 23.1 Å². The van der Waals surface area contributed by atoms with Crippen molar-refractivity contribution in [3.63, 3.8) is 0 Å². The number of benzene rings is 1. The highest BCUT2D eigenvalue weighted by molar-refractivity contribution is 5.93. The van der Waals surface area contributed by atoms with Gasteiger partial charge in [0.2, 0.25) is 0 Å². The number of carbonyl (C=O) groups is 1. The normalized spacial score (nSPS) is 19.0. The maximum absolute atomic E-state index is 12.7. The van der Waals surface area contributed by atoms with Crippen LogP contribution < -0.4 is 10.2 Å². The molecule has 0 atom stereocenters. The second-order valence-electron chi connectivity index (χ2n) is 7.56. The molecule has 1 N–H and O–H groups in total. The number of morpholine rings is 1. The zero-order valence-corrected chi connectivity index (χ0v) is 16.1. The Morgan fingerprint density at radius 3 is 2.46 bits per heavy atom. The van der Waals surface area contributed by atoms with Crippen LogP contribution in [0.3, 0.4) is 0 Å². The number of urea groups is 1. The fourth-order valence-corrected chi connectivity index (χ4v) is 3.47. The summed E-state index contributed by atoms with van der Waals surface area (Å²) in [6.45, 7) is 12.4. The lowest BCUT2D eigenvalue weighted by atomic mass is 10.1. The van der Waals surface area contributed by atoms with E-state index in [9.17, 15) is 4.79 Å². The molecule has 6 heteroatoms. The molecule has 0 aliphatic carbocycles. The van der Waals surface area contributed by atoms with Crippen LogP contribution in [-0.4, -0.2) is 74.9 Å². The number of nitrogens with zero attached hydrogens (tertiary/aromatic N) is 3. The molecule has 0 saturated carbocycles. The van der Waals surface area contributed by atoms with Gasteiger partial charge in [-0.3, -0.25) is 4.90 Å². The lowest BCUT2D eigenvalue weighted by Crippen LogP contribution is -2.50. The molecule has 26 heavy (non-hydrogen) atoms. The highest BCUT2D eigenvalue weighted by atomic mass is 16.5. The minimum absolute atomic E-state index is 0.00854. The zero-order chi connectivity index (χ0) is 18.4. The van der Waals surface area contributed by atoms with Gasteiger partial charge in [0, 0.05) is 39.3 Å². The quantitative estimate of drug-likeness (QED) is 0.877. The van der Waals surface area contributed by atoms with E-state index in [2.05, 4.69) is 35.0 Å². The smallest absolute Gasteiger partial charge is 0.321 e. The monoisotopic (exact) mass is 360 g/mol. The van der Waals surface area contributed by atoms with Crippen molar-refractivity contribution in [2.45, 2.75) is 20.3 Å². The lowest BCUT2D eigenvalue weighted by molar-refractivity contribution is 0.123. The summed E-state index contributed by atoms with van der Waals surface area (Å²) in [4.78, 5) is 19.4. The molecular formula is C20H32N4O2. The van der Waals surface area contributed by atoms with E-state index in [4.69, 9.17) is 4.74 Å². The molecule has 2 aliphatic rings. The average molecular weight is 361 g/mol. The number of piperazine rings is 1. The van der Waals surface area contributed by atoms with Crippen LogP contribution in [0.2, 0.25) is 0 Å². The van der Waals surface area contributed by atoms with Crippen molar-refractivity contribution >= 4 is 17.4 Å². The van der Waals surface area contributed by atoms with Crippen molar-refractivity contribution in [1.82, 2.24) is 9.80 Å². The van der Waals surface area contributed by atoms with Gasteiger partial charge in [-0.25, -0.2) is 4.79 Å². The van der Waals surface area contributed by atoms with Crippen LogP contribution in [0.25, 0.3) is 0 Å². The number of ether oxygens (including phenoxy) is 1. The molecule has 1 aromatic rings. The molecule has 2 saturated heterocycles. The molecule has 2 heterocycles. The van der Waals surface area contributed by atoms with Gasteiger partial charge in [0.25, 0.3) is 0 Å². The summed E-state index contributed by atoms with van der Waals surface area (Å²) in [6, 6.07) is 8.07. The van der Waals surface area contributed by atoms with Crippen LogP contribution in [0.1, 0.15) is 20.3 Å². The summed E-state index contributed by atoms with van der Waals surface area (Å²) in [7, 11) is 0. The van der Waals surface area contributed by atoms with E-state index in [1.54, 1.807) is 0 Å². The molecule has 0 unspecified atom stereocenters.